The van der Waals surface area contributed by atoms with Crippen molar-refractivity contribution in [2.45, 2.75) is 19.4 Å². The summed E-state index contributed by atoms with van der Waals surface area (Å²) < 4.78 is 7.48. The molecule has 7 nitrogen and oxygen atoms in total. The number of benzene rings is 2. The molecule has 7 heteroatoms. The first-order valence-corrected chi connectivity index (χ1v) is 8.83. The monoisotopic (exact) mass is 363 g/mol. The number of aromatic nitrogens is 3. The molecular formula is C20H21N5O2. The molecule has 0 fully saturated rings. The van der Waals surface area contributed by atoms with Crippen LogP contribution in [0.15, 0.2) is 48.8 Å². The smallest absolute Gasteiger partial charge is 0.319 e. The molecule has 1 aliphatic heterocycles. The number of nitrogens with zero attached hydrogens (tertiary/aromatic N) is 3. The van der Waals surface area contributed by atoms with Gasteiger partial charge in [-0.2, -0.15) is 5.10 Å². The summed E-state index contributed by atoms with van der Waals surface area (Å²) in [6.45, 7) is 2.50. The Morgan fingerprint density at radius 1 is 1.22 bits per heavy atom. The molecule has 1 aromatic heterocycles. The Hall–Kier alpha value is -3.35. The van der Waals surface area contributed by atoms with E-state index in [-0.39, 0.29) is 12.1 Å². The summed E-state index contributed by atoms with van der Waals surface area (Å²) in [4.78, 5) is 16.5. The quantitative estimate of drug-likeness (QED) is 0.750. The molecule has 0 saturated heterocycles. The molecule has 0 saturated carbocycles. The topological polar surface area (TPSA) is 81.1 Å². The van der Waals surface area contributed by atoms with E-state index in [0.717, 1.165) is 28.9 Å². The zero-order valence-electron chi connectivity index (χ0n) is 15.3. The number of hydrogen-bond acceptors (Lipinski definition) is 4. The lowest BCUT2D eigenvalue weighted by atomic mass is 10.0. The number of hydrogen-bond donors (Lipinski definition) is 2. The summed E-state index contributed by atoms with van der Waals surface area (Å²) >= 11 is 0. The number of ether oxygens (including phenoxy) is 1. The van der Waals surface area contributed by atoms with Gasteiger partial charge in [0.1, 0.15) is 18.7 Å². The van der Waals surface area contributed by atoms with Crippen LogP contribution in [-0.4, -0.2) is 33.4 Å². The SMILES string of the molecule is Cc1cccc2c1OCC(NC(=O)Nc1ccc(-c3ncn(C)n3)cc1)C2. The molecule has 1 unspecified atom stereocenters. The van der Waals surface area contributed by atoms with Crippen molar-refractivity contribution >= 4 is 11.7 Å². The molecule has 2 amide bonds. The zero-order chi connectivity index (χ0) is 18.8. The number of para-hydroxylation sites is 1. The highest BCUT2D eigenvalue weighted by Crippen LogP contribution is 2.28. The maximum atomic E-state index is 12.3. The first kappa shape index (κ1) is 17.1. The van der Waals surface area contributed by atoms with Crippen LogP contribution >= 0.6 is 0 Å². The van der Waals surface area contributed by atoms with Gasteiger partial charge < -0.3 is 15.4 Å². The summed E-state index contributed by atoms with van der Waals surface area (Å²) in [5, 5.41) is 10.1. The highest BCUT2D eigenvalue weighted by Gasteiger charge is 2.22. The van der Waals surface area contributed by atoms with Crippen LogP contribution in [0.1, 0.15) is 11.1 Å². The molecule has 4 rings (SSSR count). The van der Waals surface area contributed by atoms with E-state index in [1.165, 1.54) is 0 Å². The van der Waals surface area contributed by atoms with Gasteiger partial charge in [-0.25, -0.2) is 9.78 Å². The van der Waals surface area contributed by atoms with Gasteiger partial charge in [-0.1, -0.05) is 18.2 Å². The predicted molar refractivity (Wildman–Crippen MR) is 103 cm³/mol. The number of carbonyl (C=O) groups is 1. The number of urea groups is 1. The maximum Gasteiger partial charge on any atom is 0.319 e. The van der Waals surface area contributed by atoms with Gasteiger partial charge in [-0.15, -0.1) is 0 Å². The predicted octanol–water partition coefficient (Wildman–Crippen LogP) is 2.92. The van der Waals surface area contributed by atoms with Crippen LogP contribution in [0, 0.1) is 6.92 Å². The number of carbonyl (C=O) groups excluding carboxylic acids is 1. The van der Waals surface area contributed by atoms with Crippen LogP contribution in [0.2, 0.25) is 0 Å². The number of anilines is 1. The van der Waals surface area contributed by atoms with Crippen molar-refractivity contribution in [2.75, 3.05) is 11.9 Å². The van der Waals surface area contributed by atoms with E-state index in [1.54, 1.807) is 11.0 Å². The molecule has 0 bridgehead atoms. The number of fused-ring (bicyclic) bond motifs is 1. The lowest BCUT2D eigenvalue weighted by Crippen LogP contribution is -2.44. The van der Waals surface area contributed by atoms with Gasteiger partial charge in [-0.3, -0.25) is 4.68 Å². The minimum Gasteiger partial charge on any atom is -0.491 e. The van der Waals surface area contributed by atoms with Crippen molar-refractivity contribution in [2.24, 2.45) is 7.05 Å². The molecule has 1 aliphatic rings. The van der Waals surface area contributed by atoms with E-state index in [1.807, 2.05) is 56.4 Å². The van der Waals surface area contributed by atoms with Gasteiger partial charge in [0, 0.05) is 18.3 Å². The third-order valence-corrected chi connectivity index (χ3v) is 4.52. The summed E-state index contributed by atoms with van der Waals surface area (Å²) in [6.07, 6.45) is 2.41. The standard InChI is InChI=1S/C20H21N5O2/c1-13-4-3-5-15-10-17(11-27-18(13)15)23-20(26)22-16-8-6-14(7-9-16)19-21-12-25(2)24-19/h3-9,12,17H,10-11H2,1-2H3,(H2,22,23,26). The van der Waals surface area contributed by atoms with Crippen LogP contribution in [0.4, 0.5) is 10.5 Å². The average molecular weight is 363 g/mol. The third-order valence-electron chi connectivity index (χ3n) is 4.52. The Labute approximate surface area is 157 Å². The number of amides is 2. The number of rotatable bonds is 3. The van der Waals surface area contributed by atoms with Crippen molar-refractivity contribution in [3.63, 3.8) is 0 Å². The summed E-state index contributed by atoms with van der Waals surface area (Å²) in [7, 11) is 1.82. The first-order chi connectivity index (χ1) is 13.1. The highest BCUT2D eigenvalue weighted by molar-refractivity contribution is 5.89. The molecule has 2 N–H and O–H groups in total. The Balaban J connectivity index is 1.36. The molecule has 138 valence electrons. The van der Waals surface area contributed by atoms with Gasteiger partial charge in [0.15, 0.2) is 5.82 Å². The van der Waals surface area contributed by atoms with Crippen LogP contribution in [-0.2, 0) is 13.5 Å². The molecule has 0 radical (unpaired) electrons. The van der Waals surface area contributed by atoms with Crippen molar-refractivity contribution in [1.29, 1.82) is 0 Å². The molecule has 2 heterocycles. The average Bonchev–Trinajstić information content (AvgIpc) is 3.09. The van der Waals surface area contributed by atoms with E-state index in [4.69, 9.17) is 4.74 Å². The number of aryl methyl sites for hydroxylation is 2. The molecule has 2 aromatic carbocycles. The third kappa shape index (κ3) is 3.76. The van der Waals surface area contributed by atoms with Gasteiger partial charge in [0.2, 0.25) is 0 Å². The fourth-order valence-electron chi connectivity index (χ4n) is 3.21. The largest absolute Gasteiger partial charge is 0.491 e. The Kier molecular flexibility index (Phi) is 4.50. The minimum atomic E-state index is -0.247. The fourth-order valence-corrected chi connectivity index (χ4v) is 3.21. The second kappa shape index (κ2) is 7.11. The molecule has 0 spiro atoms. The maximum absolute atomic E-state index is 12.3. The second-order valence-corrected chi connectivity index (χ2v) is 6.69. The second-order valence-electron chi connectivity index (χ2n) is 6.69. The lowest BCUT2D eigenvalue weighted by molar-refractivity contribution is 0.222. The van der Waals surface area contributed by atoms with Crippen molar-refractivity contribution in [3.8, 4) is 17.1 Å². The van der Waals surface area contributed by atoms with Crippen molar-refractivity contribution < 1.29 is 9.53 Å². The van der Waals surface area contributed by atoms with Gasteiger partial charge in [0.05, 0.1) is 6.04 Å². The van der Waals surface area contributed by atoms with Gasteiger partial charge >= 0.3 is 6.03 Å². The molecule has 0 aliphatic carbocycles. The van der Waals surface area contributed by atoms with Crippen LogP contribution in [0.5, 0.6) is 5.75 Å². The van der Waals surface area contributed by atoms with E-state index in [2.05, 4.69) is 20.7 Å². The van der Waals surface area contributed by atoms with E-state index in [9.17, 15) is 4.79 Å². The molecule has 27 heavy (non-hydrogen) atoms. The van der Waals surface area contributed by atoms with Gasteiger partial charge in [0.25, 0.3) is 0 Å². The summed E-state index contributed by atoms with van der Waals surface area (Å²) in [6, 6.07) is 13.2. The van der Waals surface area contributed by atoms with E-state index < -0.39 is 0 Å². The van der Waals surface area contributed by atoms with Crippen LogP contribution < -0.4 is 15.4 Å². The van der Waals surface area contributed by atoms with Gasteiger partial charge in [-0.05, 0) is 48.7 Å². The zero-order valence-corrected chi connectivity index (χ0v) is 15.3. The Morgan fingerprint density at radius 2 is 2.04 bits per heavy atom. The highest BCUT2D eigenvalue weighted by atomic mass is 16.5. The molecule has 1 atom stereocenters. The van der Waals surface area contributed by atoms with Crippen LogP contribution in [0.3, 0.4) is 0 Å². The lowest BCUT2D eigenvalue weighted by Gasteiger charge is -2.27. The van der Waals surface area contributed by atoms with Crippen molar-refractivity contribution in [1.82, 2.24) is 20.1 Å². The van der Waals surface area contributed by atoms with Crippen LogP contribution in [0.25, 0.3) is 11.4 Å². The Bertz CT molecular complexity index is 965. The summed E-state index contributed by atoms with van der Waals surface area (Å²) in [5.74, 6) is 1.59. The normalized spacial score (nSPS) is 15.6. The first-order valence-electron chi connectivity index (χ1n) is 8.83. The Morgan fingerprint density at radius 3 is 2.78 bits per heavy atom. The summed E-state index contributed by atoms with van der Waals surface area (Å²) in [5.41, 5.74) is 3.85. The van der Waals surface area contributed by atoms with E-state index >= 15 is 0 Å². The number of nitrogens with one attached hydrogen (secondary N) is 2. The van der Waals surface area contributed by atoms with Crippen molar-refractivity contribution in [3.05, 3.63) is 59.9 Å². The fraction of sp³-hybridized carbons (Fsp3) is 0.250. The minimum absolute atomic E-state index is 0.0590. The molecule has 3 aromatic rings. The van der Waals surface area contributed by atoms with E-state index in [0.29, 0.717) is 18.1 Å². The molecular weight excluding hydrogens is 342 g/mol.